The van der Waals surface area contributed by atoms with E-state index in [2.05, 4.69) is 13.0 Å². The SMILES string of the molecule is CCCC1OC(c2ccc(Cl)cc2)c2ccc(C#N)cc21. The van der Waals surface area contributed by atoms with E-state index in [1.54, 1.807) is 0 Å². The smallest absolute Gasteiger partial charge is 0.109 e. The van der Waals surface area contributed by atoms with Crippen molar-refractivity contribution in [3.63, 3.8) is 0 Å². The van der Waals surface area contributed by atoms with Crippen molar-refractivity contribution in [2.75, 3.05) is 0 Å². The van der Waals surface area contributed by atoms with Gasteiger partial charge in [0.1, 0.15) is 6.10 Å². The molecule has 0 amide bonds. The van der Waals surface area contributed by atoms with Gasteiger partial charge in [0.2, 0.25) is 0 Å². The van der Waals surface area contributed by atoms with Crippen LogP contribution in [0.2, 0.25) is 5.02 Å². The molecule has 2 aromatic carbocycles. The predicted molar refractivity (Wildman–Crippen MR) is 83.2 cm³/mol. The molecule has 0 spiro atoms. The molecule has 0 saturated carbocycles. The van der Waals surface area contributed by atoms with Crippen LogP contribution in [0.1, 0.15) is 54.2 Å². The van der Waals surface area contributed by atoms with Gasteiger partial charge in [-0.3, -0.25) is 0 Å². The van der Waals surface area contributed by atoms with Crippen LogP contribution in [0.15, 0.2) is 42.5 Å². The van der Waals surface area contributed by atoms with Crippen molar-refractivity contribution in [3.8, 4) is 6.07 Å². The second kappa shape index (κ2) is 5.89. The number of halogens is 1. The molecule has 0 fully saturated rings. The molecule has 106 valence electrons. The van der Waals surface area contributed by atoms with E-state index in [1.807, 2.05) is 42.5 Å². The molecule has 1 aliphatic heterocycles. The number of fused-ring (bicyclic) bond motifs is 1. The van der Waals surface area contributed by atoms with Crippen LogP contribution in [0.25, 0.3) is 0 Å². The summed E-state index contributed by atoms with van der Waals surface area (Å²) in [5.74, 6) is 0. The second-order valence-electron chi connectivity index (χ2n) is 5.30. The van der Waals surface area contributed by atoms with Gasteiger partial charge in [-0.1, -0.05) is 43.1 Å². The second-order valence-corrected chi connectivity index (χ2v) is 5.74. The molecule has 0 aromatic heterocycles. The van der Waals surface area contributed by atoms with Crippen LogP contribution in [0.5, 0.6) is 0 Å². The molecule has 2 nitrogen and oxygen atoms in total. The number of rotatable bonds is 3. The number of nitrogens with zero attached hydrogens (tertiary/aromatic N) is 1. The van der Waals surface area contributed by atoms with Crippen molar-refractivity contribution >= 4 is 11.6 Å². The van der Waals surface area contributed by atoms with Crippen molar-refractivity contribution in [2.24, 2.45) is 0 Å². The summed E-state index contributed by atoms with van der Waals surface area (Å²) in [5, 5.41) is 9.82. The monoisotopic (exact) mass is 297 g/mol. The molecule has 2 unspecified atom stereocenters. The Balaban J connectivity index is 2.03. The highest BCUT2D eigenvalue weighted by Crippen LogP contribution is 2.44. The average molecular weight is 298 g/mol. The molecule has 0 N–H and O–H groups in total. The van der Waals surface area contributed by atoms with Gasteiger partial charge in [0, 0.05) is 5.02 Å². The number of hydrogen-bond acceptors (Lipinski definition) is 2. The maximum Gasteiger partial charge on any atom is 0.109 e. The normalized spacial score (nSPS) is 20.0. The van der Waals surface area contributed by atoms with Gasteiger partial charge in [-0.2, -0.15) is 5.26 Å². The molecule has 1 aliphatic rings. The summed E-state index contributed by atoms with van der Waals surface area (Å²) in [6.45, 7) is 2.15. The molecule has 2 atom stereocenters. The predicted octanol–water partition coefficient (Wildman–Crippen LogP) is 5.17. The molecule has 21 heavy (non-hydrogen) atoms. The van der Waals surface area contributed by atoms with Crippen LogP contribution < -0.4 is 0 Å². The molecule has 0 saturated heterocycles. The van der Waals surface area contributed by atoms with E-state index in [4.69, 9.17) is 21.6 Å². The quantitative estimate of drug-likeness (QED) is 0.782. The van der Waals surface area contributed by atoms with Crippen LogP contribution in [-0.4, -0.2) is 0 Å². The first-order valence-corrected chi connectivity index (χ1v) is 7.55. The van der Waals surface area contributed by atoms with Gasteiger partial charge >= 0.3 is 0 Å². The summed E-state index contributed by atoms with van der Waals surface area (Å²) in [6, 6.07) is 15.8. The third-order valence-corrected chi connectivity index (χ3v) is 4.12. The number of ether oxygens (including phenoxy) is 1. The third-order valence-electron chi connectivity index (χ3n) is 3.87. The minimum atomic E-state index is -0.0680. The van der Waals surface area contributed by atoms with Gasteiger partial charge in [-0.15, -0.1) is 0 Å². The molecular weight excluding hydrogens is 282 g/mol. The van der Waals surface area contributed by atoms with E-state index < -0.39 is 0 Å². The van der Waals surface area contributed by atoms with Crippen molar-refractivity contribution in [3.05, 3.63) is 69.7 Å². The summed E-state index contributed by atoms with van der Waals surface area (Å²) >= 11 is 5.96. The Morgan fingerprint density at radius 3 is 2.57 bits per heavy atom. The Labute approximate surface area is 129 Å². The van der Waals surface area contributed by atoms with Crippen LogP contribution in [0, 0.1) is 11.3 Å². The minimum Gasteiger partial charge on any atom is -0.361 e. The standard InChI is InChI=1S/C18H16ClNO/c1-2-3-17-16-10-12(11-20)4-9-15(16)18(21-17)13-5-7-14(19)8-6-13/h4-10,17-18H,2-3H2,1H3. The van der Waals surface area contributed by atoms with E-state index in [-0.39, 0.29) is 12.2 Å². The highest BCUT2D eigenvalue weighted by molar-refractivity contribution is 6.30. The molecule has 0 bridgehead atoms. The molecule has 0 aliphatic carbocycles. The van der Waals surface area contributed by atoms with Gasteiger partial charge in [-0.05, 0) is 47.4 Å². The molecule has 3 heteroatoms. The Morgan fingerprint density at radius 1 is 1.14 bits per heavy atom. The lowest BCUT2D eigenvalue weighted by Gasteiger charge is -2.14. The zero-order valence-electron chi connectivity index (χ0n) is 11.8. The number of hydrogen-bond donors (Lipinski definition) is 0. The fourth-order valence-electron chi connectivity index (χ4n) is 2.85. The first-order valence-electron chi connectivity index (χ1n) is 7.17. The molecule has 1 heterocycles. The summed E-state index contributed by atoms with van der Waals surface area (Å²) in [7, 11) is 0. The van der Waals surface area contributed by atoms with E-state index in [1.165, 1.54) is 0 Å². The fraction of sp³-hybridized carbons (Fsp3) is 0.278. The summed E-state index contributed by atoms with van der Waals surface area (Å²) < 4.78 is 6.25. The fourth-order valence-corrected chi connectivity index (χ4v) is 2.98. The largest absolute Gasteiger partial charge is 0.361 e. The van der Waals surface area contributed by atoms with Crippen molar-refractivity contribution < 1.29 is 4.74 Å². The Hall–Kier alpha value is -1.82. The van der Waals surface area contributed by atoms with E-state index >= 15 is 0 Å². The van der Waals surface area contributed by atoms with Gasteiger partial charge < -0.3 is 4.74 Å². The van der Waals surface area contributed by atoms with E-state index in [0.717, 1.165) is 34.6 Å². The van der Waals surface area contributed by atoms with E-state index in [0.29, 0.717) is 5.56 Å². The maximum atomic E-state index is 9.09. The van der Waals surface area contributed by atoms with E-state index in [9.17, 15) is 0 Å². The van der Waals surface area contributed by atoms with Gasteiger partial charge in [0.25, 0.3) is 0 Å². The lowest BCUT2D eigenvalue weighted by atomic mass is 9.95. The highest BCUT2D eigenvalue weighted by atomic mass is 35.5. The molecule has 3 rings (SSSR count). The van der Waals surface area contributed by atoms with Crippen molar-refractivity contribution in [1.29, 1.82) is 5.26 Å². The lowest BCUT2D eigenvalue weighted by Crippen LogP contribution is -2.00. The van der Waals surface area contributed by atoms with Gasteiger partial charge in [-0.25, -0.2) is 0 Å². The summed E-state index contributed by atoms with van der Waals surface area (Å²) in [6.07, 6.45) is 2.01. The van der Waals surface area contributed by atoms with Gasteiger partial charge in [0.15, 0.2) is 0 Å². The van der Waals surface area contributed by atoms with Gasteiger partial charge in [0.05, 0.1) is 17.7 Å². The maximum absolute atomic E-state index is 9.09. The van der Waals surface area contributed by atoms with Crippen LogP contribution in [0.4, 0.5) is 0 Å². The number of benzene rings is 2. The zero-order chi connectivity index (χ0) is 14.8. The van der Waals surface area contributed by atoms with Crippen molar-refractivity contribution in [1.82, 2.24) is 0 Å². The summed E-state index contributed by atoms with van der Waals surface area (Å²) in [5.41, 5.74) is 4.10. The van der Waals surface area contributed by atoms with Crippen LogP contribution in [-0.2, 0) is 4.74 Å². The first-order chi connectivity index (χ1) is 10.2. The molecular formula is C18H16ClNO. The van der Waals surface area contributed by atoms with Crippen molar-refractivity contribution in [2.45, 2.75) is 32.0 Å². The Morgan fingerprint density at radius 2 is 1.90 bits per heavy atom. The van der Waals surface area contributed by atoms with Crippen LogP contribution in [0.3, 0.4) is 0 Å². The first kappa shape index (κ1) is 14.1. The minimum absolute atomic E-state index is 0.0680. The number of nitriles is 1. The Bertz CT molecular complexity index is 687. The third kappa shape index (κ3) is 2.68. The van der Waals surface area contributed by atoms with Crippen LogP contribution >= 0.6 is 11.6 Å². The molecule has 0 radical (unpaired) electrons. The molecule has 2 aromatic rings. The Kier molecular flexibility index (Phi) is 3.96. The lowest BCUT2D eigenvalue weighted by molar-refractivity contribution is 0.0281. The highest BCUT2D eigenvalue weighted by Gasteiger charge is 2.32. The summed E-state index contributed by atoms with van der Waals surface area (Å²) in [4.78, 5) is 0. The topological polar surface area (TPSA) is 33.0 Å². The zero-order valence-corrected chi connectivity index (χ0v) is 12.6. The average Bonchev–Trinajstić information content (AvgIpc) is 2.86.